The number of nitrogens with one attached hydrogen (secondary N) is 1. The van der Waals surface area contributed by atoms with Crippen molar-refractivity contribution in [2.45, 2.75) is 32.7 Å². The van der Waals surface area contributed by atoms with Gasteiger partial charge < -0.3 is 5.32 Å². The molecule has 2 atom stereocenters. The van der Waals surface area contributed by atoms with Gasteiger partial charge in [-0.3, -0.25) is 0 Å². The fourth-order valence-electron chi connectivity index (χ4n) is 2.58. The monoisotopic (exact) mass is 315 g/mol. The molecule has 1 aromatic rings. The molecular formula is C14H19BrClN. The number of benzene rings is 1. The summed E-state index contributed by atoms with van der Waals surface area (Å²) in [5, 5.41) is 4.34. The van der Waals surface area contributed by atoms with Crippen LogP contribution in [-0.4, -0.2) is 6.54 Å². The minimum absolute atomic E-state index is 0.790. The van der Waals surface area contributed by atoms with Crippen molar-refractivity contribution in [3.63, 3.8) is 0 Å². The highest BCUT2D eigenvalue weighted by molar-refractivity contribution is 9.10. The van der Waals surface area contributed by atoms with Crippen LogP contribution in [0.5, 0.6) is 0 Å². The van der Waals surface area contributed by atoms with Crippen LogP contribution < -0.4 is 5.32 Å². The summed E-state index contributed by atoms with van der Waals surface area (Å²) < 4.78 is 0.965. The van der Waals surface area contributed by atoms with Gasteiger partial charge in [0.25, 0.3) is 0 Å². The molecule has 0 saturated heterocycles. The normalized spacial score (nSPS) is 24.2. The topological polar surface area (TPSA) is 12.0 Å². The Labute approximate surface area is 117 Å². The van der Waals surface area contributed by atoms with E-state index in [-0.39, 0.29) is 0 Å². The molecule has 1 fully saturated rings. The number of halogens is 2. The smallest absolute Gasteiger partial charge is 0.0551 e. The molecule has 1 saturated carbocycles. The third kappa shape index (κ3) is 3.70. The van der Waals surface area contributed by atoms with Gasteiger partial charge in [0.05, 0.1) is 5.02 Å². The van der Waals surface area contributed by atoms with E-state index in [1.54, 1.807) is 0 Å². The van der Waals surface area contributed by atoms with Crippen molar-refractivity contribution in [3.8, 4) is 0 Å². The summed E-state index contributed by atoms with van der Waals surface area (Å²) in [7, 11) is 0. The van der Waals surface area contributed by atoms with Gasteiger partial charge in [0.1, 0.15) is 0 Å². The maximum atomic E-state index is 6.07. The maximum Gasteiger partial charge on any atom is 0.0551 e. The molecule has 0 bridgehead atoms. The van der Waals surface area contributed by atoms with E-state index in [9.17, 15) is 0 Å². The van der Waals surface area contributed by atoms with Crippen molar-refractivity contribution >= 4 is 27.5 Å². The van der Waals surface area contributed by atoms with Crippen LogP contribution in [0.15, 0.2) is 22.7 Å². The van der Waals surface area contributed by atoms with E-state index in [1.807, 2.05) is 12.1 Å². The Bertz CT molecular complexity index is 380. The van der Waals surface area contributed by atoms with Gasteiger partial charge in [0.2, 0.25) is 0 Å². The zero-order valence-electron chi connectivity index (χ0n) is 10.2. The first-order valence-electron chi connectivity index (χ1n) is 6.31. The van der Waals surface area contributed by atoms with Crippen LogP contribution in [-0.2, 0) is 6.54 Å². The summed E-state index contributed by atoms with van der Waals surface area (Å²) >= 11 is 9.48. The molecule has 1 aliphatic rings. The zero-order valence-corrected chi connectivity index (χ0v) is 12.5. The summed E-state index contributed by atoms with van der Waals surface area (Å²) in [6.45, 7) is 4.42. The molecule has 0 amide bonds. The highest BCUT2D eigenvalue weighted by atomic mass is 79.9. The van der Waals surface area contributed by atoms with Crippen LogP contribution in [0.3, 0.4) is 0 Å². The first-order chi connectivity index (χ1) is 8.16. The largest absolute Gasteiger partial charge is 0.312 e. The van der Waals surface area contributed by atoms with Gasteiger partial charge in [-0.1, -0.05) is 37.4 Å². The van der Waals surface area contributed by atoms with Crippen molar-refractivity contribution in [1.29, 1.82) is 0 Å². The Morgan fingerprint density at radius 3 is 2.88 bits per heavy atom. The fraction of sp³-hybridized carbons (Fsp3) is 0.571. The maximum absolute atomic E-state index is 6.07. The second-order valence-electron chi connectivity index (χ2n) is 5.05. The van der Waals surface area contributed by atoms with E-state index >= 15 is 0 Å². The van der Waals surface area contributed by atoms with E-state index in [1.165, 1.54) is 24.8 Å². The summed E-state index contributed by atoms with van der Waals surface area (Å²) in [5.41, 5.74) is 1.25. The van der Waals surface area contributed by atoms with Crippen LogP contribution >= 0.6 is 27.5 Å². The van der Waals surface area contributed by atoms with E-state index in [2.05, 4.69) is 34.2 Å². The summed E-state index contributed by atoms with van der Waals surface area (Å²) in [6.07, 6.45) is 4.18. The summed E-state index contributed by atoms with van der Waals surface area (Å²) in [5.74, 6) is 1.75. The molecule has 1 aromatic carbocycles. The molecule has 3 heteroatoms. The van der Waals surface area contributed by atoms with Crippen LogP contribution in [0.1, 0.15) is 31.7 Å². The average Bonchev–Trinajstić information content (AvgIpc) is 2.70. The first-order valence-corrected chi connectivity index (χ1v) is 7.48. The van der Waals surface area contributed by atoms with Crippen molar-refractivity contribution in [3.05, 3.63) is 33.3 Å². The van der Waals surface area contributed by atoms with Gasteiger partial charge in [-0.05, 0) is 58.4 Å². The molecule has 0 heterocycles. The minimum atomic E-state index is 0.790. The predicted molar refractivity (Wildman–Crippen MR) is 77.4 cm³/mol. The van der Waals surface area contributed by atoms with Crippen LogP contribution in [0.2, 0.25) is 5.02 Å². The molecule has 94 valence electrons. The first kappa shape index (κ1) is 13.4. The zero-order chi connectivity index (χ0) is 12.3. The van der Waals surface area contributed by atoms with Crippen LogP contribution in [0, 0.1) is 11.8 Å². The molecular weight excluding hydrogens is 298 g/mol. The van der Waals surface area contributed by atoms with E-state index in [0.717, 1.165) is 34.4 Å². The molecule has 2 rings (SSSR count). The molecule has 0 radical (unpaired) electrons. The highest BCUT2D eigenvalue weighted by Gasteiger charge is 2.22. The molecule has 0 aliphatic heterocycles. The Morgan fingerprint density at radius 1 is 1.41 bits per heavy atom. The molecule has 1 nitrogen and oxygen atoms in total. The van der Waals surface area contributed by atoms with Gasteiger partial charge >= 0.3 is 0 Å². The van der Waals surface area contributed by atoms with Gasteiger partial charge in [0.15, 0.2) is 0 Å². The second-order valence-corrected chi connectivity index (χ2v) is 6.31. The molecule has 1 aliphatic carbocycles. The van der Waals surface area contributed by atoms with Gasteiger partial charge in [-0.2, -0.15) is 0 Å². The lowest BCUT2D eigenvalue weighted by Gasteiger charge is -2.16. The van der Waals surface area contributed by atoms with Crippen molar-refractivity contribution in [2.24, 2.45) is 11.8 Å². The lowest BCUT2D eigenvalue weighted by molar-refractivity contribution is 0.392. The minimum Gasteiger partial charge on any atom is -0.312 e. The number of rotatable bonds is 4. The summed E-state index contributed by atoms with van der Waals surface area (Å²) in [6, 6.07) is 6.15. The quantitative estimate of drug-likeness (QED) is 0.854. The fourth-order valence-corrected chi connectivity index (χ4v) is 3.03. The Morgan fingerprint density at radius 2 is 2.24 bits per heavy atom. The molecule has 17 heavy (non-hydrogen) atoms. The Balaban J connectivity index is 1.79. The third-order valence-corrected chi connectivity index (χ3v) is 4.99. The number of hydrogen-bond acceptors (Lipinski definition) is 1. The molecule has 2 unspecified atom stereocenters. The van der Waals surface area contributed by atoms with Crippen molar-refractivity contribution in [1.82, 2.24) is 5.32 Å². The Kier molecular flexibility index (Phi) is 4.89. The van der Waals surface area contributed by atoms with Crippen molar-refractivity contribution < 1.29 is 0 Å². The standard InChI is InChI=1S/C14H19BrClN/c1-10-3-2-4-12(10)9-17-8-11-5-6-13(15)14(16)7-11/h5-7,10,12,17H,2-4,8-9H2,1H3. The van der Waals surface area contributed by atoms with Gasteiger partial charge in [-0.25, -0.2) is 0 Å². The second kappa shape index (κ2) is 6.21. The van der Waals surface area contributed by atoms with Gasteiger partial charge in [0, 0.05) is 11.0 Å². The average molecular weight is 317 g/mol. The van der Waals surface area contributed by atoms with Crippen LogP contribution in [0.25, 0.3) is 0 Å². The van der Waals surface area contributed by atoms with E-state index in [4.69, 9.17) is 11.6 Å². The molecule has 0 spiro atoms. The van der Waals surface area contributed by atoms with Gasteiger partial charge in [-0.15, -0.1) is 0 Å². The number of hydrogen-bond donors (Lipinski definition) is 1. The third-order valence-electron chi connectivity index (χ3n) is 3.76. The molecule has 1 N–H and O–H groups in total. The predicted octanol–water partition coefficient (Wildman–Crippen LogP) is 4.63. The summed E-state index contributed by atoms with van der Waals surface area (Å²) in [4.78, 5) is 0. The molecule has 0 aromatic heterocycles. The van der Waals surface area contributed by atoms with E-state index < -0.39 is 0 Å². The van der Waals surface area contributed by atoms with Crippen LogP contribution in [0.4, 0.5) is 0 Å². The van der Waals surface area contributed by atoms with E-state index in [0.29, 0.717) is 0 Å². The van der Waals surface area contributed by atoms with Crippen molar-refractivity contribution in [2.75, 3.05) is 6.54 Å². The lowest BCUT2D eigenvalue weighted by Crippen LogP contribution is -2.23. The highest BCUT2D eigenvalue weighted by Crippen LogP contribution is 2.30. The Hall–Kier alpha value is -0.0500. The lowest BCUT2D eigenvalue weighted by atomic mass is 9.98. The SMILES string of the molecule is CC1CCCC1CNCc1ccc(Br)c(Cl)c1.